The molecule has 37 nitrogen and oxygen atoms in total. The van der Waals surface area contributed by atoms with Gasteiger partial charge in [0.25, 0.3) is 30.4 Å². The largest absolute Gasteiger partial charge is 0.507 e. The Morgan fingerprint density at radius 2 is 0.614 bits per heavy atom. The molecule has 0 radical (unpaired) electrons. The Hall–Kier alpha value is -9.29. The number of allylic oxidation sites excluding steroid dienone is 2. The van der Waals surface area contributed by atoms with Crippen molar-refractivity contribution >= 4 is 140 Å². The molecule has 0 amide bonds. The molecule has 2 atom stereocenters. The molecular formula is C87H103NO36S3. The molecule has 10 aromatic carbocycles. The number of ether oxygens (including phenoxy) is 11. The van der Waals surface area contributed by atoms with Gasteiger partial charge in [0.15, 0.2) is 50.6 Å². The Balaban J connectivity index is 0.000000255. The van der Waals surface area contributed by atoms with Crippen LogP contribution in [0.1, 0.15) is 95.2 Å². The number of aliphatic hydroxyl groups excluding tert-OH is 7. The molecule has 2 aliphatic carbocycles. The maximum absolute atomic E-state index is 14.2. The van der Waals surface area contributed by atoms with Crippen LogP contribution in [0.15, 0.2) is 59.6 Å². The van der Waals surface area contributed by atoms with Crippen molar-refractivity contribution < 1.29 is 151 Å². The van der Waals surface area contributed by atoms with Crippen LogP contribution in [0.4, 0.5) is 0 Å². The van der Waals surface area contributed by atoms with Gasteiger partial charge in [-0.2, -0.15) is 25.3 Å². The molecule has 12 rings (SSSR count). The number of phenols is 4. The number of methoxy groups -OCH3 is 2. The third-order valence-electron chi connectivity index (χ3n) is 21.9. The van der Waals surface area contributed by atoms with Crippen LogP contribution in [-0.4, -0.2) is 283 Å². The number of ketones is 1. The van der Waals surface area contributed by atoms with Crippen LogP contribution in [0.5, 0.6) is 34.5 Å². The second-order valence-corrected chi connectivity index (χ2v) is 34.9. The lowest BCUT2D eigenvalue weighted by Crippen LogP contribution is -2.18. The number of phenolic OH excluding ortho intramolecular Hbond substituents is 4. The smallest absolute Gasteiger partial charge is 0.287 e. The minimum absolute atomic E-state index is 0.0116. The van der Waals surface area contributed by atoms with Gasteiger partial charge in [-0.1, -0.05) is 23.3 Å². The van der Waals surface area contributed by atoms with Gasteiger partial charge in [0, 0.05) is 55.4 Å². The number of fused-ring (bicyclic) bond motifs is 2. The third kappa shape index (κ3) is 21.0. The fourth-order valence-corrected chi connectivity index (χ4v) is 19.4. The normalized spacial score (nSPS) is 14.5. The van der Waals surface area contributed by atoms with Gasteiger partial charge in [0.2, 0.25) is 0 Å². The van der Waals surface area contributed by atoms with Gasteiger partial charge < -0.3 is 108 Å². The van der Waals surface area contributed by atoms with Crippen molar-refractivity contribution in [3.05, 3.63) is 132 Å². The van der Waals surface area contributed by atoms with Crippen molar-refractivity contribution in [1.82, 2.24) is 0 Å². The van der Waals surface area contributed by atoms with E-state index in [2.05, 4.69) is 4.99 Å². The number of aliphatic hydroxyl groups is 7. The van der Waals surface area contributed by atoms with Crippen LogP contribution in [-0.2, 0) is 130 Å². The molecule has 2 unspecified atom stereocenters. The quantitative estimate of drug-likeness (QED) is 0.00847. The molecule has 10 aromatic rings. The van der Waals surface area contributed by atoms with Crippen molar-refractivity contribution in [2.45, 2.75) is 78.8 Å². The van der Waals surface area contributed by atoms with E-state index in [1.807, 2.05) is 0 Å². The number of carbonyl (C=O) groups excluding carboxylic acids is 1. The first-order chi connectivity index (χ1) is 60.9. The van der Waals surface area contributed by atoms with Gasteiger partial charge in [-0.25, -0.2) is 0 Å². The third-order valence-corrected chi connectivity index (χ3v) is 25.3. The zero-order valence-electron chi connectivity index (χ0n) is 70.8. The Morgan fingerprint density at radius 3 is 0.906 bits per heavy atom. The number of benzene rings is 10. The molecule has 0 aliphatic heterocycles. The van der Waals surface area contributed by atoms with Gasteiger partial charge in [0.05, 0.1) is 238 Å². The van der Waals surface area contributed by atoms with Crippen molar-refractivity contribution in [2.24, 2.45) is 4.99 Å². The van der Waals surface area contributed by atoms with Gasteiger partial charge >= 0.3 is 0 Å². The van der Waals surface area contributed by atoms with Gasteiger partial charge in [-0.3, -0.25) is 41.5 Å². The number of aliphatic imine (C=N–C) groups is 1. The minimum Gasteiger partial charge on any atom is -0.507 e. The first kappa shape index (κ1) is 98.3. The lowest BCUT2D eigenvalue weighted by molar-refractivity contribution is -0.117. The molecule has 0 bridgehead atoms. The number of Topliss-reactive ketones (excluding diaryl/α,β-unsaturated/α-hetero) is 1. The minimum atomic E-state index is -4.34. The molecule has 127 heavy (non-hydrogen) atoms. The van der Waals surface area contributed by atoms with E-state index in [-0.39, 0.29) is 317 Å². The fraction of sp³-hybridized carbons (Fsp3) is 0.471. The summed E-state index contributed by atoms with van der Waals surface area (Å²) in [5, 5.41) is 118. The number of nitrogens with zero attached hydrogens (tertiary/aromatic N) is 1. The highest BCUT2D eigenvalue weighted by molar-refractivity contribution is 7.87. The lowest BCUT2D eigenvalue weighted by Gasteiger charge is -2.26. The summed E-state index contributed by atoms with van der Waals surface area (Å²) in [5.41, 5.74) is -0.614. The Morgan fingerprint density at radius 1 is 0.346 bits per heavy atom. The Bertz CT molecular complexity index is 6400. The number of hydrogen-bond acceptors (Lipinski definition) is 37. The maximum atomic E-state index is 14.2. The average Bonchev–Trinajstić information content (AvgIpc) is 1.68. The summed E-state index contributed by atoms with van der Waals surface area (Å²) in [5.74, 6) is -7.30. The molecule has 0 aromatic heterocycles. The first-order valence-corrected chi connectivity index (χ1v) is 45.4. The zero-order chi connectivity index (χ0) is 91.9. The highest BCUT2D eigenvalue weighted by Crippen LogP contribution is 2.59. The number of rotatable bonds is 52. The molecule has 0 spiro atoms. The van der Waals surface area contributed by atoms with E-state index < -0.39 is 137 Å². The summed E-state index contributed by atoms with van der Waals surface area (Å²) >= 11 is 0. The van der Waals surface area contributed by atoms with Crippen LogP contribution >= 0.6 is 0 Å². The van der Waals surface area contributed by atoms with E-state index in [9.17, 15) is 90.1 Å². The van der Waals surface area contributed by atoms with Crippen molar-refractivity contribution in [1.29, 1.82) is 0 Å². The molecule has 0 heterocycles. The van der Waals surface area contributed by atoms with Crippen LogP contribution in [0.2, 0.25) is 0 Å². The standard InChI is InChI=1S/C48H61NO21S2.C39H42O15S/c1-28-22-33-32(4-21-71(58,59)69-19-17-67-15-13-65-11-9-63-7-5-50)46(56)40-34(54)23-30(25-52)37-38-31(26-53)24-35(55)41-43(38)44(39(33)42(37)40)45(48(62-3)47(41)57)36(28)29(2)49-27-72(60,61)70-20-18-68-16-14-66-12-10-64-8-6-51;1-19-14-24-23(4-13-55(48,49)54-12-11-53-10-9-52-8-7-51-6-5-40)37(46)31-25(44)15-21(17-41)28-29-22(18-42)16-26(45)32-34(29)35(30(24)33(28)31)36(27(19)20(2)43)39(50-3)38(32)47/h22-24,36,50-53,56-57H,4-21,25-27H2,1-3H3;14-16,27,40-42,46-47H,4-13,17-18H2,1-3H3. The van der Waals surface area contributed by atoms with E-state index in [0.29, 0.717) is 24.4 Å². The highest BCUT2D eigenvalue weighted by Gasteiger charge is 2.40. The Labute approximate surface area is 727 Å². The van der Waals surface area contributed by atoms with E-state index in [1.165, 1.54) is 28.1 Å². The number of carbonyl (C=O) groups is 1. The average molecular weight is 1830 g/mol. The fourth-order valence-electron chi connectivity index (χ4n) is 16.9. The van der Waals surface area contributed by atoms with Crippen LogP contribution < -0.4 is 31.2 Å². The summed E-state index contributed by atoms with van der Waals surface area (Å²) in [6.45, 7) is 5.25. The van der Waals surface area contributed by atoms with Crippen molar-refractivity contribution in [3.8, 4) is 34.5 Å². The van der Waals surface area contributed by atoms with E-state index in [0.717, 1.165) is 24.3 Å². The molecule has 690 valence electrons. The first-order valence-electron chi connectivity index (χ1n) is 40.6. The molecule has 0 saturated carbocycles. The Kier molecular flexibility index (Phi) is 34.0. The summed E-state index contributed by atoms with van der Waals surface area (Å²) in [7, 11) is -10.4. The molecule has 2 aliphatic rings. The van der Waals surface area contributed by atoms with Crippen molar-refractivity contribution in [3.63, 3.8) is 0 Å². The molecule has 0 fully saturated rings. The van der Waals surface area contributed by atoms with E-state index >= 15 is 0 Å². The van der Waals surface area contributed by atoms with E-state index in [4.69, 9.17) is 80.0 Å². The lowest BCUT2D eigenvalue weighted by atomic mass is 9.78. The van der Waals surface area contributed by atoms with Gasteiger partial charge in [-0.05, 0) is 141 Å². The van der Waals surface area contributed by atoms with Gasteiger partial charge in [0.1, 0.15) is 17.3 Å². The summed E-state index contributed by atoms with van der Waals surface area (Å²) in [6.07, 6.45) is 2.45. The van der Waals surface area contributed by atoms with Crippen LogP contribution in [0.3, 0.4) is 0 Å². The molecule has 0 saturated heterocycles. The number of hydrogen-bond donors (Lipinski definition) is 11. The predicted molar refractivity (Wildman–Crippen MR) is 468 cm³/mol. The molecular weight excluding hydrogens is 1730 g/mol. The summed E-state index contributed by atoms with van der Waals surface area (Å²) in [6, 6.07) is 4.51. The second-order valence-electron chi connectivity index (χ2n) is 29.8. The number of aromatic hydroxyl groups is 4. The van der Waals surface area contributed by atoms with Crippen LogP contribution in [0, 0.1) is 0 Å². The van der Waals surface area contributed by atoms with E-state index in [1.54, 1.807) is 26.0 Å². The summed E-state index contributed by atoms with van der Waals surface area (Å²) in [4.78, 5) is 73.9. The van der Waals surface area contributed by atoms with Crippen molar-refractivity contribution in [2.75, 3.05) is 190 Å². The predicted octanol–water partition coefficient (Wildman–Crippen LogP) is 3.86. The monoisotopic (exact) mass is 1830 g/mol. The maximum Gasteiger partial charge on any atom is 0.287 e. The highest BCUT2D eigenvalue weighted by atomic mass is 32.2. The molecule has 11 N–H and O–H groups in total. The topological polar surface area (TPSA) is 552 Å². The second kappa shape index (κ2) is 43.9. The van der Waals surface area contributed by atoms with Gasteiger partial charge in [-0.15, -0.1) is 0 Å². The molecule has 40 heteroatoms. The van der Waals surface area contributed by atoms with Crippen LogP contribution in [0.25, 0.3) is 98.3 Å². The summed E-state index contributed by atoms with van der Waals surface area (Å²) < 4.78 is 154. The SMILES string of the molecule is COc1c(O)c2c(=O)cc(CO)c3c4c(CO)cc(=O)c5c(O)c(CCS(=O)(=O)OCCOCCOCCOCCO)c6c(c(c1C(C(C)=NCS(=O)(=O)OCCOCCOCCOCCO)C(C)=C6)c23)c54.COc1c(O)c2c(=O)cc(CO)c3c4c(CO)cc(=O)c5c(O)c(CCS(=O)(=O)OCCOCCOCCOCCO)c6c(c(c1C(C(C)=O)C(C)=C6)c23)c54. The zero-order valence-corrected chi connectivity index (χ0v) is 73.2.